The van der Waals surface area contributed by atoms with Crippen molar-refractivity contribution in [3.05, 3.63) is 34.2 Å². The van der Waals surface area contributed by atoms with Gasteiger partial charge in [-0.05, 0) is 29.9 Å². The van der Waals surface area contributed by atoms with Crippen molar-refractivity contribution in [2.45, 2.75) is 13.0 Å². The lowest BCUT2D eigenvalue weighted by Crippen LogP contribution is -2.56. The average molecular weight is 405 g/mol. The number of aliphatic imine (C=N–C) groups is 2. The molecular formula is C18H20BrFN5+. The number of benzene rings is 1. The molecule has 0 aromatic heterocycles. The summed E-state index contributed by atoms with van der Waals surface area (Å²) in [5, 5.41) is 0. The van der Waals surface area contributed by atoms with Crippen LogP contribution >= 0.6 is 15.9 Å². The highest BCUT2D eigenvalue weighted by Gasteiger charge is 2.65. The molecule has 0 radical (unpaired) electrons. The number of hydrogen-bond donors (Lipinski definition) is 0. The molecule has 1 spiro atoms. The minimum absolute atomic E-state index is 0.263. The van der Waals surface area contributed by atoms with E-state index in [0.29, 0.717) is 15.0 Å². The van der Waals surface area contributed by atoms with Gasteiger partial charge in [0, 0.05) is 50.1 Å². The summed E-state index contributed by atoms with van der Waals surface area (Å²) in [6, 6.07) is 3.83. The number of hydrogen-bond acceptors (Lipinski definition) is 4. The van der Waals surface area contributed by atoms with E-state index in [1.807, 2.05) is 6.07 Å². The first-order valence-electron chi connectivity index (χ1n) is 8.66. The highest BCUT2D eigenvalue weighted by Crippen LogP contribution is 2.52. The SMILES string of the molecule is CC1=CC2C[N+]23C(=N1)C(N1CCN(C)CC1)=Nc1cc(F)c(Br)cc13. The van der Waals surface area contributed by atoms with Crippen molar-refractivity contribution in [1.82, 2.24) is 14.3 Å². The number of nitrogens with zero attached hydrogens (tertiary/aromatic N) is 5. The van der Waals surface area contributed by atoms with Gasteiger partial charge < -0.3 is 9.80 Å². The van der Waals surface area contributed by atoms with Crippen LogP contribution in [0.3, 0.4) is 0 Å². The Balaban J connectivity index is 1.68. The fraction of sp³-hybridized carbons (Fsp3) is 0.444. The highest BCUT2D eigenvalue weighted by atomic mass is 79.9. The van der Waals surface area contributed by atoms with Gasteiger partial charge in [-0.15, -0.1) is 0 Å². The molecule has 1 aromatic carbocycles. The van der Waals surface area contributed by atoms with E-state index in [1.165, 1.54) is 0 Å². The van der Waals surface area contributed by atoms with Gasteiger partial charge >= 0.3 is 0 Å². The molecule has 5 rings (SSSR count). The van der Waals surface area contributed by atoms with Crippen LogP contribution in [0.2, 0.25) is 0 Å². The second-order valence-electron chi connectivity index (χ2n) is 7.34. The quantitative estimate of drug-likeness (QED) is 0.491. The van der Waals surface area contributed by atoms with Crippen LogP contribution in [0.25, 0.3) is 0 Å². The Morgan fingerprint density at radius 3 is 2.72 bits per heavy atom. The molecule has 0 bridgehead atoms. The standard InChI is InChI=1S/C18H20BrFN5/c1-11-7-12-10-25(12)16-8-13(19)14(20)9-15(16)22-17(18(25)21-11)24-5-3-23(2)4-6-24/h7-9,12H,3-6,10H2,1-2H3/q+1. The predicted molar refractivity (Wildman–Crippen MR) is 102 cm³/mol. The number of piperazine rings is 1. The number of halogens is 2. The second kappa shape index (κ2) is 5.22. The molecule has 25 heavy (non-hydrogen) atoms. The maximum absolute atomic E-state index is 14.2. The van der Waals surface area contributed by atoms with Gasteiger partial charge in [0.2, 0.25) is 5.84 Å². The molecule has 1 aromatic rings. The third-order valence-electron chi connectivity index (χ3n) is 5.68. The molecule has 7 heteroatoms. The predicted octanol–water partition coefficient (Wildman–Crippen LogP) is 2.88. The van der Waals surface area contributed by atoms with Crippen LogP contribution in [0.15, 0.2) is 38.4 Å². The molecule has 0 amide bonds. The lowest BCUT2D eigenvalue weighted by Gasteiger charge is -2.38. The number of likely N-dealkylation sites (N-methyl/N-ethyl adjacent to an activating group) is 1. The van der Waals surface area contributed by atoms with E-state index in [-0.39, 0.29) is 5.82 Å². The lowest BCUT2D eigenvalue weighted by atomic mass is 10.1. The zero-order valence-electron chi connectivity index (χ0n) is 14.3. The molecule has 4 aliphatic heterocycles. The van der Waals surface area contributed by atoms with E-state index in [1.54, 1.807) is 6.07 Å². The molecule has 130 valence electrons. The number of fused-ring (bicyclic) bond motifs is 1. The van der Waals surface area contributed by atoms with E-state index in [2.05, 4.69) is 45.8 Å². The van der Waals surface area contributed by atoms with Gasteiger partial charge in [0.15, 0.2) is 11.7 Å². The molecular weight excluding hydrogens is 385 g/mol. The van der Waals surface area contributed by atoms with Crippen molar-refractivity contribution in [2.75, 3.05) is 39.8 Å². The summed E-state index contributed by atoms with van der Waals surface area (Å²) in [6.07, 6.45) is 2.23. The average Bonchev–Trinajstić information content (AvgIpc) is 3.29. The van der Waals surface area contributed by atoms with Gasteiger partial charge in [-0.2, -0.15) is 4.99 Å². The van der Waals surface area contributed by atoms with Gasteiger partial charge in [-0.3, -0.25) is 0 Å². The van der Waals surface area contributed by atoms with Gasteiger partial charge in [0.1, 0.15) is 18.0 Å². The zero-order chi connectivity index (χ0) is 17.3. The Kier molecular flexibility index (Phi) is 3.27. The van der Waals surface area contributed by atoms with E-state index in [9.17, 15) is 4.39 Å². The minimum Gasteiger partial charge on any atom is -0.348 e. The Labute approximate surface area is 154 Å². The Hall–Kier alpha value is -1.57. The summed E-state index contributed by atoms with van der Waals surface area (Å²) in [5.74, 6) is 1.69. The summed E-state index contributed by atoms with van der Waals surface area (Å²) in [4.78, 5) is 14.4. The first-order valence-corrected chi connectivity index (χ1v) is 9.46. The van der Waals surface area contributed by atoms with Crippen molar-refractivity contribution in [2.24, 2.45) is 9.98 Å². The number of allylic oxidation sites excluding steroid dienone is 1. The van der Waals surface area contributed by atoms with Crippen LogP contribution in [0.4, 0.5) is 15.8 Å². The monoisotopic (exact) mass is 404 g/mol. The van der Waals surface area contributed by atoms with Crippen LogP contribution in [0.1, 0.15) is 6.92 Å². The topological polar surface area (TPSA) is 31.2 Å². The van der Waals surface area contributed by atoms with Crippen LogP contribution in [0.5, 0.6) is 0 Å². The van der Waals surface area contributed by atoms with E-state index in [4.69, 9.17) is 9.98 Å². The normalized spacial score (nSPS) is 30.6. The molecule has 2 fully saturated rings. The van der Waals surface area contributed by atoms with E-state index >= 15 is 0 Å². The lowest BCUT2D eigenvalue weighted by molar-refractivity contribution is 0.216. The Morgan fingerprint density at radius 2 is 1.96 bits per heavy atom. The van der Waals surface area contributed by atoms with Crippen LogP contribution < -0.4 is 4.48 Å². The highest BCUT2D eigenvalue weighted by molar-refractivity contribution is 9.10. The first-order chi connectivity index (χ1) is 12.0. The largest absolute Gasteiger partial charge is 0.348 e. The summed E-state index contributed by atoms with van der Waals surface area (Å²) in [6.45, 7) is 6.90. The molecule has 2 atom stereocenters. The van der Waals surface area contributed by atoms with Crippen LogP contribution in [0, 0.1) is 5.82 Å². The molecule has 2 unspecified atom stereocenters. The smallest absolute Gasteiger partial charge is 0.277 e. The Bertz CT molecular complexity index is 868. The van der Waals surface area contributed by atoms with Crippen molar-refractivity contribution < 1.29 is 4.39 Å². The number of rotatable bonds is 0. The Morgan fingerprint density at radius 1 is 1.20 bits per heavy atom. The molecule has 5 nitrogen and oxygen atoms in total. The molecule has 4 aliphatic rings. The van der Waals surface area contributed by atoms with Crippen LogP contribution in [-0.4, -0.2) is 67.3 Å². The summed E-state index contributed by atoms with van der Waals surface area (Å²) < 4.78 is 15.4. The molecule has 2 saturated heterocycles. The van der Waals surface area contributed by atoms with Gasteiger partial charge in [-0.25, -0.2) is 13.9 Å². The third kappa shape index (κ3) is 2.19. The first kappa shape index (κ1) is 15.7. The summed E-state index contributed by atoms with van der Waals surface area (Å²) in [7, 11) is 2.14. The van der Waals surface area contributed by atoms with Gasteiger partial charge in [0.05, 0.1) is 4.47 Å². The molecule has 4 heterocycles. The van der Waals surface area contributed by atoms with Crippen molar-refractivity contribution >= 4 is 39.0 Å². The van der Waals surface area contributed by atoms with Crippen molar-refractivity contribution in [3.63, 3.8) is 0 Å². The van der Waals surface area contributed by atoms with E-state index < -0.39 is 0 Å². The fourth-order valence-corrected chi connectivity index (χ4v) is 4.52. The van der Waals surface area contributed by atoms with Crippen molar-refractivity contribution in [3.8, 4) is 0 Å². The fourth-order valence-electron chi connectivity index (χ4n) is 4.19. The maximum Gasteiger partial charge on any atom is 0.277 e. The minimum atomic E-state index is -0.263. The third-order valence-corrected chi connectivity index (χ3v) is 6.29. The van der Waals surface area contributed by atoms with Crippen molar-refractivity contribution in [1.29, 1.82) is 0 Å². The second-order valence-corrected chi connectivity index (χ2v) is 8.20. The van der Waals surface area contributed by atoms with Gasteiger partial charge in [0.25, 0.3) is 5.84 Å². The summed E-state index contributed by atoms with van der Waals surface area (Å²) >= 11 is 3.34. The van der Waals surface area contributed by atoms with Gasteiger partial charge in [-0.1, -0.05) is 0 Å². The summed E-state index contributed by atoms with van der Waals surface area (Å²) in [5.41, 5.74) is 2.85. The zero-order valence-corrected chi connectivity index (χ0v) is 15.9. The maximum atomic E-state index is 14.2. The van der Waals surface area contributed by atoms with E-state index in [0.717, 1.165) is 61.5 Å². The molecule has 0 aliphatic carbocycles. The van der Waals surface area contributed by atoms with Crippen LogP contribution in [-0.2, 0) is 0 Å². The molecule has 0 N–H and O–H groups in total. The number of amidine groups is 2. The molecule has 0 saturated carbocycles. The number of quaternary nitrogens is 1.